The Balaban J connectivity index is 1.91. The highest BCUT2D eigenvalue weighted by molar-refractivity contribution is 6.39. The van der Waals surface area contributed by atoms with E-state index in [1.54, 1.807) is 0 Å². The predicted molar refractivity (Wildman–Crippen MR) is 95.3 cm³/mol. The fraction of sp³-hybridized carbons (Fsp3) is 0.0588. The molecule has 0 bridgehead atoms. The highest BCUT2D eigenvalue weighted by Crippen LogP contribution is 2.24. The summed E-state index contributed by atoms with van der Waals surface area (Å²) in [6, 6.07) is 9.76. The maximum absolute atomic E-state index is 13.4. The number of hydrogen-bond donors (Lipinski definition) is 3. The van der Waals surface area contributed by atoms with Gasteiger partial charge in [-0.15, -0.1) is 0 Å². The van der Waals surface area contributed by atoms with Crippen molar-refractivity contribution in [2.75, 3.05) is 11.9 Å². The summed E-state index contributed by atoms with van der Waals surface area (Å²) in [7, 11) is 0. The van der Waals surface area contributed by atoms with E-state index < -0.39 is 30.2 Å². The van der Waals surface area contributed by atoms with E-state index in [1.807, 2.05) is 5.43 Å². The minimum Gasteiger partial charge on any atom is -0.480 e. The van der Waals surface area contributed by atoms with Crippen LogP contribution >= 0.6 is 11.6 Å². The number of carboxylic acid groups (broad SMARTS) is 1. The fourth-order valence-electron chi connectivity index (χ4n) is 1.81. The Morgan fingerprint density at radius 3 is 2.59 bits per heavy atom. The second-order valence-corrected chi connectivity index (χ2v) is 5.41. The number of amides is 2. The quantitative estimate of drug-likeness (QED) is 0.394. The summed E-state index contributed by atoms with van der Waals surface area (Å²) < 4.78 is 18.4. The molecule has 0 aliphatic heterocycles. The zero-order chi connectivity index (χ0) is 19.8. The van der Waals surface area contributed by atoms with Gasteiger partial charge in [-0.2, -0.15) is 5.10 Å². The average Bonchev–Trinajstić information content (AvgIpc) is 2.62. The lowest BCUT2D eigenvalue weighted by atomic mass is 10.2. The number of anilines is 1. The van der Waals surface area contributed by atoms with Crippen molar-refractivity contribution in [2.45, 2.75) is 0 Å². The maximum atomic E-state index is 13.4. The summed E-state index contributed by atoms with van der Waals surface area (Å²) in [5.74, 6) is -3.84. The number of hydrazone groups is 1. The van der Waals surface area contributed by atoms with Gasteiger partial charge >= 0.3 is 17.8 Å². The summed E-state index contributed by atoms with van der Waals surface area (Å²) in [5.41, 5.74) is 2.31. The third kappa shape index (κ3) is 6.08. The number of nitrogens with zero attached hydrogens (tertiary/aromatic N) is 1. The number of nitrogens with one attached hydrogen (secondary N) is 2. The molecule has 0 fully saturated rings. The summed E-state index contributed by atoms with van der Waals surface area (Å²) in [5, 5.41) is 14.4. The molecule has 8 nitrogen and oxygen atoms in total. The average molecular weight is 394 g/mol. The van der Waals surface area contributed by atoms with Gasteiger partial charge in [-0.25, -0.2) is 14.6 Å². The van der Waals surface area contributed by atoms with E-state index >= 15 is 0 Å². The summed E-state index contributed by atoms with van der Waals surface area (Å²) in [4.78, 5) is 33.8. The van der Waals surface area contributed by atoms with Gasteiger partial charge in [0.25, 0.3) is 0 Å². The van der Waals surface area contributed by atoms with Gasteiger partial charge in [0, 0.05) is 0 Å². The van der Waals surface area contributed by atoms with Crippen LogP contribution in [0.2, 0.25) is 5.02 Å². The van der Waals surface area contributed by atoms with E-state index in [-0.39, 0.29) is 16.5 Å². The van der Waals surface area contributed by atoms with Gasteiger partial charge in [0.2, 0.25) is 0 Å². The van der Waals surface area contributed by atoms with Gasteiger partial charge in [-0.1, -0.05) is 23.7 Å². The zero-order valence-corrected chi connectivity index (χ0v) is 14.4. The number of carboxylic acids is 1. The van der Waals surface area contributed by atoms with Crippen LogP contribution in [-0.4, -0.2) is 35.7 Å². The number of carbonyl (C=O) groups is 3. The zero-order valence-electron chi connectivity index (χ0n) is 13.6. The molecule has 2 aromatic carbocycles. The molecule has 0 atom stereocenters. The minimum atomic E-state index is -1.15. The molecule has 2 rings (SSSR count). The lowest BCUT2D eigenvalue weighted by molar-refractivity contribution is -0.139. The van der Waals surface area contributed by atoms with Gasteiger partial charge in [0.05, 0.1) is 16.9 Å². The number of benzene rings is 2. The molecule has 140 valence electrons. The van der Waals surface area contributed by atoms with Crippen LogP contribution in [0.15, 0.2) is 47.6 Å². The highest BCUT2D eigenvalue weighted by Gasteiger charge is 2.14. The SMILES string of the molecule is O=C(O)COc1ccc(/C=N\NC(=O)C(=O)Nc2ccccc2F)cc1Cl. The molecule has 0 aliphatic rings. The molecule has 0 saturated heterocycles. The Bertz CT molecular complexity index is 904. The fourth-order valence-corrected chi connectivity index (χ4v) is 2.06. The van der Waals surface area contributed by atoms with Crippen molar-refractivity contribution in [2.24, 2.45) is 5.10 Å². The smallest absolute Gasteiger partial charge is 0.341 e. The Morgan fingerprint density at radius 1 is 1.19 bits per heavy atom. The van der Waals surface area contributed by atoms with E-state index in [1.165, 1.54) is 42.6 Å². The van der Waals surface area contributed by atoms with E-state index in [2.05, 4.69) is 10.4 Å². The molecule has 0 spiro atoms. The number of para-hydroxylation sites is 1. The van der Waals surface area contributed by atoms with Crippen LogP contribution in [0.25, 0.3) is 0 Å². The lowest BCUT2D eigenvalue weighted by Gasteiger charge is -2.06. The molecule has 0 aromatic heterocycles. The van der Waals surface area contributed by atoms with Crippen molar-refractivity contribution in [3.63, 3.8) is 0 Å². The van der Waals surface area contributed by atoms with Crippen molar-refractivity contribution in [1.29, 1.82) is 0 Å². The molecule has 3 N–H and O–H groups in total. The first-order valence-electron chi connectivity index (χ1n) is 7.40. The van der Waals surface area contributed by atoms with Crippen molar-refractivity contribution in [3.8, 4) is 5.75 Å². The van der Waals surface area contributed by atoms with Gasteiger partial charge in [-0.3, -0.25) is 9.59 Å². The van der Waals surface area contributed by atoms with Crippen LogP contribution < -0.4 is 15.5 Å². The standard InChI is InChI=1S/C17H13ClFN3O5/c18-11-7-10(5-6-14(11)27-9-15(23)24)8-20-22-17(26)16(25)21-13-4-2-1-3-12(13)19/h1-8H,9H2,(H,21,25)(H,22,26)(H,23,24)/b20-8-. The number of carbonyl (C=O) groups excluding carboxylic acids is 2. The van der Waals surface area contributed by atoms with Crippen molar-refractivity contribution in [1.82, 2.24) is 5.43 Å². The van der Waals surface area contributed by atoms with Gasteiger partial charge in [0.15, 0.2) is 6.61 Å². The maximum Gasteiger partial charge on any atom is 0.341 e. The topological polar surface area (TPSA) is 117 Å². The van der Waals surface area contributed by atoms with Crippen LogP contribution in [0, 0.1) is 5.82 Å². The van der Waals surface area contributed by atoms with Crippen LogP contribution in [0.5, 0.6) is 5.75 Å². The second-order valence-electron chi connectivity index (χ2n) is 5.01. The highest BCUT2D eigenvalue weighted by atomic mass is 35.5. The van der Waals surface area contributed by atoms with Gasteiger partial charge in [-0.05, 0) is 35.9 Å². The first kappa shape index (κ1) is 19.9. The Kier molecular flexibility index (Phi) is 6.84. The normalized spacial score (nSPS) is 10.4. The Morgan fingerprint density at radius 2 is 1.93 bits per heavy atom. The van der Waals surface area contributed by atoms with Crippen LogP contribution in [0.4, 0.5) is 10.1 Å². The number of halogens is 2. The molecule has 27 heavy (non-hydrogen) atoms. The number of aliphatic carboxylic acids is 1. The van der Waals surface area contributed by atoms with E-state index in [0.29, 0.717) is 5.56 Å². The number of ether oxygens (including phenoxy) is 1. The summed E-state index contributed by atoms with van der Waals surface area (Å²) in [6.07, 6.45) is 1.21. The molecule has 10 heteroatoms. The Hall–Kier alpha value is -3.46. The molecule has 2 aromatic rings. The monoisotopic (exact) mass is 393 g/mol. The van der Waals surface area contributed by atoms with Crippen molar-refractivity contribution in [3.05, 3.63) is 58.9 Å². The molecule has 0 saturated carbocycles. The first-order chi connectivity index (χ1) is 12.9. The van der Waals surface area contributed by atoms with Crippen molar-refractivity contribution >= 4 is 41.3 Å². The first-order valence-corrected chi connectivity index (χ1v) is 7.77. The van der Waals surface area contributed by atoms with Crippen LogP contribution in [0.1, 0.15) is 5.56 Å². The third-order valence-corrected chi connectivity index (χ3v) is 3.31. The van der Waals surface area contributed by atoms with E-state index in [4.69, 9.17) is 21.4 Å². The largest absolute Gasteiger partial charge is 0.480 e. The van der Waals surface area contributed by atoms with E-state index in [9.17, 15) is 18.8 Å². The van der Waals surface area contributed by atoms with Crippen molar-refractivity contribution < 1.29 is 28.6 Å². The van der Waals surface area contributed by atoms with E-state index in [0.717, 1.165) is 6.07 Å². The third-order valence-electron chi connectivity index (χ3n) is 3.02. The molecule has 0 heterocycles. The molecule has 2 amide bonds. The molecule has 0 radical (unpaired) electrons. The summed E-state index contributed by atoms with van der Waals surface area (Å²) in [6.45, 7) is -0.541. The molecule has 0 unspecified atom stereocenters. The lowest BCUT2D eigenvalue weighted by Crippen LogP contribution is -2.32. The Labute approximate surface area is 157 Å². The summed E-state index contributed by atoms with van der Waals surface area (Å²) >= 11 is 5.94. The molecular formula is C17H13ClFN3O5. The second kappa shape index (κ2) is 9.30. The number of hydrogen-bond acceptors (Lipinski definition) is 5. The van der Waals surface area contributed by atoms with Gasteiger partial charge < -0.3 is 15.2 Å². The number of rotatable bonds is 6. The van der Waals surface area contributed by atoms with Gasteiger partial charge in [0.1, 0.15) is 11.6 Å². The minimum absolute atomic E-state index is 0.134. The molecular weight excluding hydrogens is 381 g/mol. The van der Waals surface area contributed by atoms with Crippen LogP contribution in [-0.2, 0) is 14.4 Å². The predicted octanol–water partition coefficient (Wildman–Crippen LogP) is 2.03. The van der Waals surface area contributed by atoms with Crippen LogP contribution in [0.3, 0.4) is 0 Å². The molecule has 0 aliphatic carbocycles.